The average Bonchev–Trinajstić information content (AvgIpc) is 2.65. The highest BCUT2D eigenvalue weighted by molar-refractivity contribution is 7.80. The summed E-state index contributed by atoms with van der Waals surface area (Å²) in [5.41, 5.74) is 6.94. The zero-order valence-corrected chi connectivity index (χ0v) is 13.2. The van der Waals surface area contributed by atoms with E-state index in [0.717, 1.165) is 22.6 Å². The van der Waals surface area contributed by atoms with Gasteiger partial charge in [0.25, 0.3) is 0 Å². The molecular formula is C13H18N4S2. The third-order valence-electron chi connectivity index (χ3n) is 3.34. The van der Waals surface area contributed by atoms with Gasteiger partial charge >= 0.3 is 0 Å². The van der Waals surface area contributed by atoms with Gasteiger partial charge < -0.3 is 10.6 Å². The lowest BCUT2D eigenvalue weighted by Gasteiger charge is -2.22. The van der Waals surface area contributed by atoms with E-state index in [2.05, 4.69) is 28.7 Å². The molecule has 2 heterocycles. The largest absolute Gasteiger partial charge is 0.393 e. The van der Waals surface area contributed by atoms with Crippen molar-refractivity contribution < 1.29 is 0 Å². The molecule has 19 heavy (non-hydrogen) atoms. The minimum absolute atomic E-state index is 0.157. The van der Waals surface area contributed by atoms with Gasteiger partial charge in [0.1, 0.15) is 17.0 Å². The number of anilines is 1. The number of thiophene rings is 1. The van der Waals surface area contributed by atoms with Crippen molar-refractivity contribution in [1.29, 1.82) is 0 Å². The van der Waals surface area contributed by atoms with Crippen LogP contribution in [0.1, 0.15) is 17.4 Å². The highest BCUT2D eigenvalue weighted by Gasteiger charge is 2.17. The Kier molecular flexibility index (Phi) is 4.01. The topological polar surface area (TPSA) is 55.0 Å². The number of aromatic nitrogens is 2. The van der Waals surface area contributed by atoms with Gasteiger partial charge in [-0.3, -0.25) is 0 Å². The van der Waals surface area contributed by atoms with E-state index in [0.29, 0.717) is 4.99 Å². The van der Waals surface area contributed by atoms with Crippen LogP contribution in [0.4, 0.5) is 5.82 Å². The fourth-order valence-corrected chi connectivity index (χ4v) is 3.11. The molecule has 2 N–H and O–H groups in total. The van der Waals surface area contributed by atoms with Crippen LogP contribution in [0.2, 0.25) is 0 Å². The molecule has 0 spiro atoms. The Hall–Kier alpha value is -1.27. The lowest BCUT2D eigenvalue weighted by Crippen LogP contribution is -2.32. The molecule has 0 aliphatic rings. The van der Waals surface area contributed by atoms with E-state index in [1.807, 2.05) is 14.0 Å². The monoisotopic (exact) mass is 294 g/mol. The van der Waals surface area contributed by atoms with Crippen LogP contribution >= 0.6 is 23.6 Å². The lowest BCUT2D eigenvalue weighted by atomic mass is 10.1. The van der Waals surface area contributed by atoms with Crippen molar-refractivity contribution in [2.75, 3.05) is 18.5 Å². The highest BCUT2D eigenvalue weighted by atomic mass is 32.1. The number of hydrogen-bond acceptors (Lipinski definition) is 5. The molecule has 0 fully saturated rings. The molecule has 2 rings (SSSR count). The molecule has 2 aromatic rings. The summed E-state index contributed by atoms with van der Waals surface area (Å²) in [5.74, 6) is 1.11. The van der Waals surface area contributed by atoms with Gasteiger partial charge in [0, 0.05) is 24.4 Å². The van der Waals surface area contributed by atoms with E-state index in [4.69, 9.17) is 18.0 Å². The van der Waals surface area contributed by atoms with Crippen molar-refractivity contribution in [3.05, 3.63) is 16.8 Å². The summed E-state index contributed by atoms with van der Waals surface area (Å²) >= 11 is 6.74. The van der Waals surface area contributed by atoms with Crippen LogP contribution in [0.15, 0.2) is 6.33 Å². The summed E-state index contributed by atoms with van der Waals surface area (Å²) in [6.45, 7) is 7.02. The van der Waals surface area contributed by atoms with Gasteiger partial charge in [-0.2, -0.15) is 0 Å². The van der Waals surface area contributed by atoms with Crippen LogP contribution < -0.4 is 10.6 Å². The molecule has 0 saturated heterocycles. The van der Waals surface area contributed by atoms with Gasteiger partial charge in [-0.1, -0.05) is 19.1 Å². The molecule has 0 aliphatic carbocycles. The first kappa shape index (κ1) is 14.1. The van der Waals surface area contributed by atoms with Gasteiger partial charge in [0.05, 0.1) is 10.4 Å². The van der Waals surface area contributed by atoms with Crippen LogP contribution in [-0.2, 0) is 0 Å². The average molecular weight is 294 g/mol. The fraction of sp³-hybridized carbons (Fsp3) is 0.462. The van der Waals surface area contributed by atoms with E-state index in [9.17, 15) is 0 Å². The molecule has 102 valence electrons. The van der Waals surface area contributed by atoms with Gasteiger partial charge in [0.15, 0.2) is 0 Å². The summed E-state index contributed by atoms with van der Waals surface area (Å²) in [4.78, 5) is 13.7. The molecule has 0 amide bonds. The molecule has 0 radical (unpaired) electrons. The molecule has 1 atom stereocenters. The summed E-state index contributed by atoms with van der Waals surface area (Å²) in [6, 6.07) is 0. The number of nitrogens with two attached hydrogens (primary N) is 1. The summed E-state index contributed by atoms with van der Waals surface area (Å²) < 4.78 is 0. The van der Waals surface area contributed by atoms with Crippen molar-refractivity contribution in [1.82, 2.24) is 9.97 Å². The van der Waals surface area contributed by atoms with Crippen LogP contribution in [-0.4, -0.2) is 28.5 Å². The Morgan fingerprint density at radius 3 is 2.79 bits per heavy atom. The first-order chi connectivity index (χ1) is 8.91. The summed E-state index contributed by atoms with van der Waals surface area (Å²) in [7, 11) is 2.02. The second kappa shape index (κ2) is 5.38. The third kappa shape index (κ3) is 2.69. The van der Waals surface area contributed by atoms with Crippen LogP contribution in [0, 0.1) is 19.8 Å². The van der Waals surface area contributed by atoms with Crippen molar-refractivity contribution in [3.8, 4) is 0 Å². The lowest BCUT2D eigenvalue weighted by molar-refractivity contribution is 0.736. The molecule has 4 nitrogen and oxygen atoms in total. The number of hydrogen-bond donors (Lipinski definition) is 1. The smallest absolute Gasteiger partial charge is 0.140 e. The van der Waals surface area contributed by atoms with E-state index in [-0.39, 0.29) is 5.92 Å². The first-order valence-corrected chi connectivity index (χ1v) is 7.35. The van der Waals surface area contributed by atoms with Crippen LogP contribution in [0.5, 0.6) is 0 Å². The SMILES string of the molecule is Cc1sc2ncnc(N(C)CC(C)C(N)=S)c2c1C. The van der Waals surface area contributed by atoms with E-state index >= 15 is 0 Å². The zero-order chi connectivity index (χ0) is 14.2. The maximum absolute atomic E-state index is 5.68. The second-order valence-electron chi connectivity index (χ2n) is 4.84. The number of thiocarbonyl (C=S) groups is 1. The molecule has 0 aliphatic heterocycles. The standard InChI is InChI=1S/C13H18N4S2/c1-7(11(14)18)5-17(4)12-10-8(2)9(3)19-13(10)16-6-15-12/h6-7H,5H2,1-4H3,(H2,14,18). The third-order valence-corrected chi connectivity index (χ3v) is 4.86. The Bertz CT molecular complexity index is 620. The molecule has 0 saturated carbocycles. The van der Waals surface area contributed by atoms with Gasteiger partial charge in [-0.05, 0) is 19.4 Å². The molecule has 2 aromatic heterocycles. The zero-order valence-electron chi connectivity index (χ0n) is 11.6. The van der Waals surface area contributed by atoms with E-state index in [1.165, 1.54) is 10.4 Å². The molecule has 0 bridgehead atoms. The number of aryl methyl sites for hydroxylation is 2. The highest BCUT2D eigenvalue weighted by Crippen LogP contribution is 2.33. The van der Waals surface area contributed by atoms with E-state index in [1.54, 1.807) is 17.7 Å². The van der Waals surface area contributed by atoms with Gasteiger partial charge in [-0.25, -0.2) is 9.97 Å². The predicted octanol–water partition coefficient (Wildman–Crippen LogP) is 2.67. The normalized spacial score (nSPS) is 12.6. The maximum atomic E-state index is 5.68. The minimum Gasteiger partial charge on any atom is -0.393 e. The Labute approximate surface area is 122 Å². The van der Waals surface area contributed by atoms with Crippen LogP contribution in [0.3, 0.4) is 0 Å². The van der Waals surface area contributed by atoms with Crippen LogP contribution in [0.25, 0.3) is 10.2 Å². The van der Waals surface area contributed by atoms with Gasteiger partial charge in [0.2, 0.25) is 0 Å². The molecule has 1 unspecified atom stereocenters. The minimum atomic E-state index is 0.157. The van der Waals surface area contributed by atoms with Crippen molar-refractivity contribution in [2.45, 2.75) is 20.8 Å². The molecular weight excluding hydrogens is 276 g/mol. The predicted molar refractivity (Wildman–Crippen MR) is 86.1 cm³/mol. The Morgan fingerprint density at radius 1 is 1.47 bits per heavy atom. The maximum Gasteiger partial charge on any atom is 0.140 e. The Morgan fingerprint density at radius 2 is 2.16 bits per heavy atom. The number of fused-ring (bicyclic) bond motifs is 1. The quantitative estimate of drug-likeness (QED) is 0.879. The Balaban J connectivity index is 2.42. The molecule has 6 heteroatoms. The number of rotatable bonds is 4. The first-order valence-electron chi connectivity index (χ1n) is 6.13. The second-order valence-corrected chi connectivity index (χ2v) is 6.52. The van der Waals surface area contributed by atoms with Gasteiger partial charge in [-0.15, -0.1) is 11.3 Å². The van der Waals surface area contributed by atoms with Crippen molar-refractivity contribution in [3.63, 3.8) is 0 Å². The summed E-state index contributed by atoms with van der Waals surface area (Å²) in [6.07, 6.45) is 1.62. The van der Waals surface area contributed by atoms with E-state index < -0.39 is 0 Å². The summed E-state index contributed by atoms with van der Waals surface area (Å²) in [5, 5.41) is 1.14. The van der Waals surface area contributed by atoms with Crippen molar-refractivity contribution >= 4 is 44.6 Å². The number of nitrogens with zero attached hydrogens (tertiary/aromatic N) is 3. The van der Waals surface area contributed by atoms with Crippen molar-refractivity contribution in [2.24, 2.45) is 11.7 Å². The molecule has 0 aromatic carbocycles. The fourth-order valence-electron chi connectivity index (χ4n) is 2.04.